The Hall–Kier alpha value is -2.20. The lowest BCUT2D eigenvalue weighted by atomic mass is 9.95. The van der Waals surface area contributed by atoms with E-state index in [1.54, 1.807) is 12.1 Å². The molecule has 0 bridgehead atoms. The zero-order chi connectivity index (χ0) is 15.2. The monoisotopic (exact) mass is 286 g/mol. The highest BCUT2D eigenvalue weighted by Crippen LogP contribution is 2.22. The lowest BCUT2D eigenvalue weighted by molar-refractivity contribution is -0.117. The zero-order valence-corrected chi connectivity index (χ0v) is 12.0. The normalized spacial score (nSPS) is 12.0. The second-order valence-corrected chi connectivity index (χ2v) is 4.87. The number of amides is 1. The van der Waals surface area contributed by atoms with Crippen LogP contribution in [0.3, 0.4) is 0 Å². The van der Waals surface area contributed by atoms with Crippen molar-refractivity contribution >= 4 is 11.6 Å². The van der Waals surface area contributed by atoms with Gasteiger partial charge in [-0.25, -0.2) is 4.39 Å². The second-order valence-electron chi connectivity index (χ2n) is 4.87. The average molecular weight is 286 g/mol. The molecule has 21 heavy (non-hydrogen) atoms. The molecule has 1 amide bonds. The maximum absolute atomic E-state index is 13.4. The molecule has 0 radical (unpaired) electrons. The number of nitrogens with one attached hydrogen (secondary N) is 1. The van der Waals surface area contributed by atoms with Crippen LogP contribution in [0.15, 0.2) is 48.5 Å². The third-order valence-electron chi connectivity index (χ3n) is 3.46. The third-order valence-corrected chi connectivity index (χ3v) is 3.46. The summed E-state index contributed by atoms with van der Waals surface area (Å²) in [5, 5.41) is 2.83. The van der Waals surface area contributed by atoms with Crippen molar-refractivity contribution in [2.45, 2.75) is 25.8 Å². The van der Waals surface area contributed by atoms with Crippen LogP contribution in [0.1, 0.15) is 30.4 Å². The molecule has 0 spiro atoms. The number of hydrogen-bond donors (Lipinski definition) is 2. The summed E-state index contributed by atoms with van der Waals surface area (Å²) >= 11 is 0. The van der Waals surface area contributed by atoms with E-state index in [1.807, 2.05) is 37.3 Å². The number of hydrogen-bond acceptors (Lipinski definition) is 2. The van der Waals surface area contributed by atoms with Crippen LogP contribution in [0, 0.1) is 5.82 Å². The van der Waals surface area contributed by atoms with Crippen LogP contribution in [-0.2, 0) is 11.3 Å². The molecule has 0 aliphatic heterocycles. The van der Waals surface area contributed by atoms with Gasteiger partial charge in [-0.05, 0) is 30.2 Å². The fourth-order valence-electron chi connectivity index (χ4n) is 2.30. The molecule has 0 saturated carbocycles. The fourth-order valence-corrected chi connectivity index (χ4v) is 2.30. The van der Waals surface area contributed by atoms with E-state index in [0.717, 1.165) is 5.56 Å². The molecule has 3 nitrogen and oxygen atoms in total. The Bertz CT molecular complexity index is 613. The fraction of sp³-hybridized carbons (Fsp3) is 0.235. The van der Waals surface area contributed by atoms with Crippen LogP contribution in [0.2, 0.25) is 0 Å². The maximum atomic E-state index is 13.4. The second kappa shape index (κ2) is 6.99. The molecule has 0 aliphatic rings. The van der Waals surface area contributed by atoms with Crippen LogP contribution in [0.4, 0.5) is 10.1 Å². The predicted octanol–water partition coefficient (Wildman–Crippen LogP) is 3.42. The van der Waals surface area contributed by atoms with Gasteiger partial charge in [-0.15, -0.1) is 0 Å². The summed E-state index contributed by atoms with van der Waals surface area (Å²) in [6.45, 7) is 2.07. The number of halogens is 1. The van der Waals surface area contributed by atoms with Crippen molar-refractivity contribution in [1.82, 2.24) is 0 Å². The van der Waals surface area contributed by atoms with Crippen LogP contribution < -0.4 is 11.1 Å². The molecular formula is C17H19FN2O. The molecule has 0 saturated heterocycles. The van der Waals surface area contributed by atoms with E-state index >= 15 is 0 Å². The van der Waals surface area contributed by atoms with Gasteiger partial charge in [0.1, 0.15) is 5.82 Å². The minimum atomic E-state index is -0.356. The Morgan fingerprint density at radius 1 is 1.24 bits per heavy atom. The number of carbonyl (C=O) groups is 1. The van der Waals surface area contributed by atoms with E-state index in [2.05, 4.69) is 5.32 Å². The SMILES string of the molecule is CCC(C(=O)Nc1ccc(F)c(CN)c1)c1ccccc1. The molecule has 110 valence electrons. The minimum Gasteiger partial charge on any atom is -0.326 e. The first kappa shape index (κ1) is 15.2. The molecule has 2 rings (SSSR count). The minimum absolute atomic E-state index is 0.0988. The molecular weight excluding hydrogens is 267 g/mol. The summed E-state index contributed by atoms with van der Waals surface area (Å²) in [4.78, 5) is 12.4. The first-order valence-electron chi connectivity index (χ1n) is 7.00. The zero-order valence-electron chi connectivity index (χ0n) is 12.0. The maximum Gasteiger partial charge on any atom is 0.231 e. The molecule has 0 aliphatic carbocycles. The van der Waals surface area contributed by atoms with Gasteiger partial charge in [0.25, 0.3) is 0 Å². The summed E-state index contributed by atoms with van der Waals surface area (Å²) < 4.78 is 13.4. The van der Waals surface area contributed by atoms with Gasteiger partial charge in [-0.1, -0.05) is 37.3 Å². The Labute approximate surface area is 124 Å². The van der Waals surface area contributed by atoms with Crippen LogP contribution >= 0.6 is 0 Å². The lowest BCUT2D eigenvalue weighted by Crippen LogP contribution is -2.20. The lowest BCUT2D eigenvalue weighted by Gasteiger charge is -2.16. The van der Waals surface area contributed by atoms with Crippen molar-refractivity contribution < 1.29 is 9.18 Å². The summed E-state index contributed by atoms with van der Waals surface area (Å²) in [6.07, 6.45) is 0.695. The van der Waals surface area contributed by atoms with Crippen LogP contribution in [0.5, 0.6) is 0 Å². The summed E-state index contributed by atoms with van der Waals surface area (Å²) in [7, 11) is 0. The quantitative estimate of drug-likeness (QED) is 0.885. The first-order valence-corrected chi connectivity index (χ1v) is 7.00. The Morgan fingerprint density at radius 2 is 1.95 bits per heavy atom. The van der Waals surface area contributed by atoms with Crippen molar-refractivity contribution in [3.05, 3.63) is 65.5 Å². The van der Waals surface area contributed by atoms with Gasteiger partial charge in [-0.2, -0.15) is 0 Å². The van der Waals surface area contributed by atoms with Gasteiger partial charge in [0, 0.05) is 17.8 Å². The Morgan fingerprint density at radius 3 is 2.57 bits per heavy atom. The van der Waals surface area contributed by atoms with Crippen molar-refractivity contribution in [1.29, 1.82) is 0 Å². The van der Waals surface area contributed by atoms with Gasteiger partial charge in [0.15, 0.2) is 0 Å². The van der Waals surface area contributed by atoms with Crippen molar-refractivity contribution in [2.24, 2.45) is 5.73 Å². The molecule has 2 aromatic carbocycles. The van der Waals surface area contributed by atoms with E-state index in [0.29, 0.717) is 17.7 Å². The predicted molar refractivity (Wildman–Crippen MR) is 82.4 cm³/mol. The van der Waals surface area contributed by atoms with Crippen molar-refractivity contribution in [3.8, 4) is 0 Å². The van der Waals surface area contributed by atoms with Crippen molar-refractivity contribution in [2.75, 3.05) is 5.32 Å². The summed E-state index contributed by atoms with van der Waals surface area (Å²) in [6, 6.07) is 14.1. The molecule has 0 fully saturated rings. The van der Waals surface area contributed by atoms with E-state index in [4.69, 9.17) is 5.73 Å². The Kier molecular flexibility index (Phi) is 5.06. The molecule has 1 unspecified atom stereocenters. The topological polar surface area (TPSA) is 55.1 Å². The number of benzene rings is 2. The van der Waals surface area contributed by atoms with Gasteiger partial charge in [-0.3, -0.25) is 4.79 Å². The molecule has 2 aromatic rings. The van der Waals surface area contributed by atoms with Crippen LogP contribution in [0.25, 0.3) is 0 Å². The van der Waals surface area contributed by atoms with E-state index in [1.165, 1.54) is 6.07 Å². The van der Waals surface area contributed by atoms with Crippen molar-refractivity contribution in [3.63, 3.8) is 0 Å². The highest BCUT2D eigenvalue weighted by molar-refractivity contribution is 5.95. The summed E-state index contributed by atoms with van der Waals surface area (Å²) in [5.41, 5.74) is 7.40. The smallest absolute Gasteiger partial charge is 0.231 e. The largest absolute Gasteiger partial charge is 0.326 e. The number of rotatable bonds is 5. The standard InChI is InChI=1S/C17H19FN2O/c1-2-15(12-6-4-3-5-7-12)17(21)20-14-8-9-16(18)13(10-14)11-19/h3-10,15H,2,11,19H2,1H3,(H,20,21). The number of carbonyl (C=O) groups excluding carboxylic acids is 1. The molecule has 1 atom stereocenters. The van der Waals surface area contributed by atoms with Gasteiger partial charge >= 0.3 is 0 Å². The summed E-state index contributed by atoms with van der Waals surface area (Å²) in [5.74, 6) is -0.679. The van der Waals surface area contributed by atoms with Gasteiger partial charge < -0.3 is 11.1 Å². The molecule has 3 N–H and O–H groups in total. The van der Waals surface area contributed by atoms with E-state index in [-0.39, 0.29) is 24.2 Å². The number of nitrogens with two attached hydrogens (primary N) is 1. The van der Waals surface area contributed by atoms with Crippen LogP contribution in [-0.4, -0.2) is 5.91 Å². The van der Waals surface area contributed by atoms with E-state index in [9.17, 15) is 9.18 Å². The van der Waals surface area contributed by atoms with E-state index < -0.39 is 0 Å². The average Bonchev–Trinajstić information content (AvgIpc) is 2.51. The third kappa shape index (κ3) is 3.67. The highest BCUT2D eigenvalue weighted by atomic mass is 19.1. The van der Waals surface area contributed by atoms with Gasteiger partial charge in [0.05, 0.1) is 5.92 Å². The highest BCUT2D eigenvalue weighted by Gasteiger charge is 2.18. The Balaban J connectivity index is 2.16. The first-order chi connectivity index (χ1) is 10.2. The van der Waals surface area contributed by atoms with Gasteiger partial charge in [0.2, 0.25) is 5.91 Å². The molecule has 0 aromatic heterocycles. The number of anilines is 1. The molecule has 4 heteroatoms. The molecule has 0 heterocycles.